The van der Waals surface area contributed by atoms with Crippen molar-refractivity contribution in [2.24, 2.45) is 5.92 Å². The summed E-state index contributed by atoms with van der Waals surface area (Å²) >= 11 is 0. The topological polar surface area (TPSA) is 55.6 Å². The van der Waals surface area contributed by atoms with Crippen LogP contribution in [0.1, 0.15) is 42.5 Å². The summed E-state index contributed by atoms with van der Waals surface area (Å²) < 4.78 is 5.90. The van der Waals surface area contributed by atoms with Crippen molar-refractivity contribution >= 4 is 11.6 Å². The van der Waals surface area contributed by atoms with Crippen molar-refractivity contribution < 1.29 is 9.53 Å². The number of carbonyl (C=O) groups is 1. The second-order valence-electron chi connectivity index (χ2n) is 5.77. The highest BCUT2D eigenvalue weighted by molar-refractivity contribution is 5.97. The number of anilines is 1. The van der Waals surface area contributed by atoms with E-state index in [1.54, 1.807) is 37.2 Å². The third-order valence-electron chi connectivity index (χ3n) is 3.84. The van der Waals surface area contributed by atoms with Gasteiger partial charge in [-0.15, -0.1) is 0 Å². The lowest BCUT2D eigenvalue weighted by Gasteiger charge is -2.23. The maximum absolute atomic E-state index is 12.1. The maximum atomic E-state index is 12.1. The number of ether oxygens (including phenoxy) is 1. The van der Waals surface area contributed by atoms with Crippen LogP contribution in [0, 0.1) is 5.92 Å². The van der Waals surface area contributed by atoms with Crippen LogP contribution in [-0.2, 0) is 0 Å². The Morgan fingerprint density at radius 1 is 1.30 bits per heavy atom. The lowest BCUT2D eigenvalue weighted by molar-refractivity contribution is 0.0821. The van der Waals surface area contributed by atoms with E-state index in [2.05, 4.69) is 0 Å². The molecule has 20 heavy (non-hydrogen) atoms. The molecule has 0 saturated heterocycles. The van der Waals surface area contributed by atoms with Crippen molar-refractivity contribution in [3.05, 3.63) is 23.8 Å². The maximum Gasteiger partial charge on any atom is 0.257 e. The zero-order valence-electron chi connectivity index (χ0n) is 12.4. The van der Waals surface area contributed by atoms with Gasteiger partial charge in [0.15, 0.2) is 0 Å². The van der Waals surface area contributed by atoms with Crippen LogP contribution in [-0.4, -0.2) is 31.5 Å². The van der Waals surface area contributed by atoms with Gasteiger partial charge in [0.1, 0.15) is 5.75 Å². The van der Waals surface area contributed by atoms with E-state index < -0.39 is 0 Å². The highest BCUT2D eigenvalue weighted by Crippen LogP contribution is 2.27. The summed E-state index contributed by atoms with van der Waals surface area (Å²) in [6.45, 7) is 0.678. The fourth-order valence-corrected chi connectivity index (χ4v) is 2.64. The normalized spacial score (nSPS) is 15.9. The van der Waals surface area contributed by atoms with Gasteiger partial charge in [-0.2, -0.15) is 0 Å². The molecule has 0 spiro atoms. The molecule has 1 aromatic carbocycles. The first-order chi connectivity index (χ1) is 9.58. The molecular weight excluding hydrogens is 252 g/mol. The van der Waals surface area contributed by atoms with Gasteiger partial charge in [-0.25, -0.2) is 0 Å². The van der Waals surface area contributed by atoms with Gasteiger partial charge in [-0.3, -0.25) is 4.79 Å². The van der Waals surface area contributed by atoms with E-state index in [-0.39, 0.29) is 5.91 Å². The molecule has 1 aliphatic rings. The Hall–Kier alpha value is -1.71. The molecule has 4 heteroatoms. The first-order valence-corrected chi connectivity index (χ1v) is 7.32. The minimum absolute atomic E-state index is 0.0522. The van der Waals surface area contributed by atoms with Gasteiger partial charge in [0, 0.05) is 25.8 Å². The van der Waals surface area contributed by atoms with Crippen LogP contribution in [0.25, 0.3) is 0 Å². The smallest absolute Gasteiger partial charge is 0.257 e. The van der Waals surface area contributed by atoms with E-state index in [1.165, 1.54) is 32.1 Å². The Balaban J connectivity index is 2.08. The molecule has 1 aromatic rings. The second-order valence-corrected chi connectivity index (χ2v) is 5.77. The van der Waals surface area contributed by atoms with Crippen molar-refractivity contribution in [2.45, 2.75) is 32.1 Å². The van der Waals surface area contributed by atoms with Gasteiger partial charge in [0.2, 0.25) is 0 Å². The molecule has 1 fully saturated rings. The number of benzene rings is 1. The molecule has 0 heterocycles. The average Bonchev–Trinajstić information content (AvgIpc) is 2.45. The third kappa shape index (κ3) is 3.65. The van der Waals surface area contributed by atoms with E-state index in [0.29, 0.717) is 29.5 Å². The quantitative estimate of drug-likeness (QED) is 0.860. The highest BCUT2D eigenvalue weighted by atomic mass is 16.5. The SMILES string of the molecule is CN(C)C(=O)c1ccc(N)cc1OCC1CCCCC1. The standard InChI is InChI=1S/C16H24N2O2/c1-18(2)16(19)14-9-8-13(17)10-15(14)20-11-12-6-4-3-5-7-12/h8-10,12H,3-7,11,17H2,1-2H3. The molecule has 0 aromatic heterocycles. The fraction of sp³-hybridized carbons (Fsp3) is 0.562. The Labute approximate surface area is 120 Å². The molecule has 1 amide bonds. The molecule has 1 aliphatic carbocycles. The summed E-state index contributed by atoms with van der Waals surface area (Å²) in [5, 5.41) is 0. The van der Waals surface area contributed by atoms with E-state index in [4.69, 9.17) is 10.5 Å². The molecule has 0 unspecified atom stereocenters. The predicted octanol–water partition coefficient (Wildman–Crippen LogP) is 2.93. The lowest BCUT2D eigenvalue weighted by atomic mass is 9.90. The van der Waals surface area contributed by atoms with Gasteiger partial charge in [-0.05, 0) is 30.9 Å². The summed E-state index contributed by atoms with van der Waals surface area (Å²) in [7, 11) is 3.48. The molecule has 0 atom stereocenters. The van der Waals surface area contributed by atoms with Crippen molar-refractivity contribution in [2.75, 3.05) is 26.4 Å². The van der Waals surface area contributed by atoms with Gasteiger partial charge in [0.25, 0.3) is 5.91 Å². The Morgan fingerprint density at radius 3 is 2.65 bits per heavy atom. The Morgan fingerprint density at radius 2 is 2.00 bits per heavy atom. The first kappa shape index (κ1) is 14.7. The minimum Gasteiger partial charge on any atom is -0.492 e. The summed E-state index contributed by atoms with van der Waals surface area (Å²) in [4.78, 5) is 13.7. The molecule has 0 bridgehead atoms. The van der Waals surface area contributed by atoms with Crippen molar-refractivity contribution in [3.63, 3.8) is 0 Å². The zero-order valence-corrected chi connectivity index (χ0v) is 12.4. The van der Waals surface area contributed by atoms with Gasteiger partial charge < -0.3 is 15.4 Å². The van der Waals surface area contributed by atoms with E-state index in [9.17, 15) is 4.79 Å². The average molecular weight is 276 g/mol. The van der Waals surface area contributed by atoms with Gasteiger partial charge >= 0.3 is 0 Å². The van der Waals surface area contributed by atoms with Crippen LogP contribution in [0.5, 0.6) is 5.75 Å². The summed E-state index contributed by atoms with van der Waals surface area (Å²) in [6, 6.07) is 5.23. The fourth-order valence-electron chi connectivity index (χ4n) is 2.64. The molecule has 2 N–H and O–H groups in total. The Kier molecular flexibility index (Phi) is 4.88. The van der Waals surface area contributed by atoms with Crippen molar-refractivity contribution in [1.82, 2.24) is 4.90 Å². The van der Waals surface area contributed by atoms with E-state index in [1.807, 2.05) is 0 Å². The number of nitrogen functional groups attached to an aromatic ring is 1. The monoisotopic (exact) mass is 276 g/mol. The summed E-state index contributed by atoms with van der Waals surface area (Å²) in [5.74, 6) is 1.16. The van der Waals surface area contributed by atoms with Crippen LogP contribution in [0.2, 0.25) is 0 Å². The minimum atomic E-state index is -0.0522. The number of rotatable bonds is 4. The number of hydrogen-bond donors (Lipinski definition) is 1. The number of hydrogen-bond acceptors (Lipinski definition) is 3. The Bertz CT molecular complexity index is 466. The van der Waals surface area contributed by atoms with Gasteiger partial charge in [0.05, 0.1) is 12.2 Å². The van der Waals surface area contributed by atoms with Crippen molar-refractivity contribution in [3.8, 4) is 5.75 Å². The van der Waals surface area contributed by atoms with Crippen LogP contribution < -0.4 is 10.5 Å². The number of carbonyl (C=O) groups excluding carboxylic acids is 1. The molecule has 0 aliphatic heterocycles. The van der Waals surface area contributed by atoms with Crippen LogP contribution >= 0.6 is 0 Å². The summed E-state index contributed by atoms with van der Waals surface area (Å²) in [6.07, 6.45) is 6.35. The molecule has 0 radical (unpaired) electrons. The molecule has 2 rings (SSSR count). The number of nitrogens with zero attached hydrogens (tertiary/aromatic N) is 1. The highest BCUT2D eigenvalue weighted by Gasteiger charge is 2.18. The predicted molar refractivity (Wildman–Crippen MR) is 80.9 cm³/mol. The molecule has 4 nitrogen and oxygen atoms in total. The van der Waals surface area contributed by atoms with Crippen molar-refractivity contribution in [1.29, 1.82) is 0 Å². The van der Waals surface area contributed by atoms with E-state index in [0.717, 1.165) is 0 Å². The number of nitrogens with two attached hydrogens (primary N) is 1. The third-order valence-corrected chi connectivity index (χ3v) is 3.84. The van der Waals surface area contributed by atoms with Crippen LogP contribution in [0.4, 0.5) is 5.69 Å². The molecular formula is C16H24N2O2. The lowest BCUT2D eigenvalue weighted by Crippen LogP contribution is -2.23. The van der Waals surface area contributed by atoms with Crippen LogP contribution in [0.3, 0.4) is 0 Å². The zero-order chi connectivity index (χ0) is 14.5. The van der Waals surface area contributed by atoms with E-state index >= 15 is 0 Å². The first-order valence-electron chi connectivity index (χ1n) is 7.32. The van der Waals surface area contributed by atoms with Gasteiger partial charge in [-0.1, -0.05) is 19.3 Å². The second kappa shape index (κ2) is 6.64. The summed E-state index contributed by atoms with van der Waals surface area (Å²) in [5.41, 5.74) is 7.01. The molecule has 1 saturated carbocycles. The largest absolute Gasteiger partial charge is 0.492 e. The number of amides is 1. The van der Waals surface area contributed by atoms with Crippen LogP contribution in [0.15, 0.2) is 18.2 Å². The molecule has 110 valence electrons.